The maximum atomic E-state index is 12.5. The highest BCUT2D eigenvalue weighted by Crippen LogP contribution is 2.36. The molecular formula is C23H20F3NO4S2. The summed E-state index contributed by atoms with van der Waals surface area (Å²) in [4.78, 5) is 12.3. The van der Waals surface area contributed by atoms with E-state index in [1.807, 2.05) is 0 Å². The Hall–Kier alpha value is -2.98. The van der Waals surface area contributed by atoms with Gasteiger partial charge in [-0.15, -0.1) is 0 Å². The number of aromatic hydroxyl groups is 1. The minimum absolute atomic E-state index is 0.138. The monoisotopic (exact) mass is 495 g/mol. The van der Waals surface area contributed by atoms with E-state index in [9.17, 15) is 31.5 Å². The summed E-state index contributed by atoms with van der Waals surface area (Å²) in [5.41, 5.74) is -1.87. The van der Waals surface area contributed by atoms with E-state index < -0.39 is 27.0 Å². The van der Waals surface area contributed by atoms with Crippen molar-refractivity contribution in [3.8, 4) is 5.75 Å². The first-order valence-corrected chi connectivity index (χ1v) is 12.4. The number of carbonyl (C=O) groups excluding carboxylic acids is 1. The van der Waals surface area contributed by atoms with Crippen molar-refractivity contribution in [3.63, 3.8) is 0 Å². The third kappa shape index (κ3) is 7.26. The van der Waals surface area contributed by atoms with E-state index >= 15 is 0 Å². The Morgan fingerprint density at radius 2 is 1.48 bits per heavy atom. The molecule has 0 heterocycles. The summed E-state index contributed by atoms with van der Waals surface area (Å²) in [5.74, 6) is -0.835. The van der Waals surface area contributed by atoms with Crippen LogP contribution in [0.3, 0.4) is 0 Å². The van der Waals surface area contributed by atoms with E-state index in [0.29, 0.717) is 18.4 Å². The fourth-order valence-corrected chi connectivity index (χ4v) is 4.39. The number of amides is 1. The molecule has 0 atom stereocenters. The van der Waals surface area contributed by atoms with Crippen LogP contribution < -0.4 is 5.32 Å². The second kappa shape index (κ2) is 9.88. The van der Waals surface area contributed by atoms with Crippen LogP contribution in [0.25, 0.3) is 0 Å². The van der Waals surface area contributed by atoms with E-state index in [1.165, 1.54) is 30.3 Å². The first-order valence-electron chi connectivity index (χ1n) is 9.69. The lowest BCUT2D eigenvalue weighted by atomic mass is 10.0. The number of hydrogen-bond donors (Lipinski definition) is 2. The molecule has 0 saturated heterocycles. The van der Waals surface area contributed by atoms with Gasteiger partial charge < -0.3 is 10.4 Å². The average molecular weight is 496 g/mol. The number of halogens is 3. The van der Waals surface area contributed by atoms with Crippen LogP contribution in [-0.2, 0) is 22.7 Å². The molecule has 0 radical (unpaired) electrons. The number of phenolic OH excluding ortho intramolecular Hbond substituents is 1. The van der Waals surface area contributed by atoms with Crippen LogP contribution in [0.1, 0.15) is 21.5 Å². The second-order valence-electron chi connectivity index (χ2n) is 7.30. The van der Waals surface area contributed by atoms with Crippen molar-refractivity contribution >= 4 is 33.2 Å². The van der Waals surface area contributed by atoms with Crippen LogP contribution in [-0.4, -0.2) is 31.2 Å². The summed E-state index contributed by atoms with van der Waals surface area (Å²) in [6.45, 7) is 0. The van der Waals surface area contributed by atoms with E-state index in [1.54, 1.807) is 36.4 Å². The molecule has 3 rings (SSSR count). The van der Waals surface area contributed by atoms with Gasteiger partial charge >= 0.3 is 5.51 Å². The lowest BCUT2D eigenvalue weighted by Gasteiger charge is -2.09. The predicted molar refractivity (Wildman–Crippen MR) is 121 cm³/mol. The molecule has 0 aliphatic carbocycles. The topological polar surface area (TPSA) is 83.5 Å². The number of carbonyl (C=O) groups is 1. The summed E-state index contributed by atoms with van der Waals surface area (Å²) in [5, 5.41) is 12.3. The van der Waals surface area contributed by atoms with Crippen LogP contribution >= 0.6 is 11.8 Å². The summed E-state index contributed by atoms with van der Waals surface area (Å²) in [6, 6.07) is 16.8. The molecule has 0 aliphatic heterocycles. The van der Waals surface area contributed by atoms with E-state index in [4.69, 9.17) is 0 Å². The van der Waals surface area contributed by atoms with Crippen molar-refractivity contribution in [2.24, 2.45) is 0 Å². The van der Waals surface area contributed by atoms with Gasteiger partial charge in [-0.3, -0.25) is 4.79 Å². The third-order valence-electron chi connectivity index (χ3n) is 4.69. The summed E-state index contributed by atoms with van der Waals surface area (Å²) in [7, 11) is -3.65. The number of phenols is 1. The number of nitrogens with one attached hydrogen (secondary N) is 1. The summed E-state index contributed by atoms with van der Waals surface area (Å²) < 4.78 is 60.6. The predicted octanol–water partition coefficient (Wildman–Crippen LogP) is 5.45. The normalized spacial score (nSPS) is 11.9. The van der Waals surface area contributed by atoms with Gasteiger partial charge in [0.1, 0.15) is 10.6 Å². The van der Waals surface area contributed by atoms with E-state index in [0.717, 1.165) is 17.4 Å². The fraction of sp³-hybridized carbons (Fsp3) is 0.174. The van der Waals surface area contributed by atoms with Crippen LogP contribution in [0.15, 0.2) is 76.5 Å². The lowest BCUT2D eigenvalue weighted by molar-refractivity contribution is -0.0328. The molecular weight excluding hydrogens is 475 g/mol. The standard InChI is InChI=1S/C23H20F3NO4S2/c1-33(30,31)21-14-18(10-13-20(21)28)27-22(29)17-8-4-15(5-9-17)2-3-16-6-11-19(12-7-16)32-23(24,25)26/h4-14,28H,2-3H2,1H3,(H,27,29). The number of rotatable bonds is 7. The molecule has 174 valence electrons. The Balaban J connectivity index is 1.59. The molecule has 33 heavy (non-hydrogen) atoms. The minimum Gasteiger partial charge on any atom is -0.507 e. The molecule has 2 N–H and O–H groups in total. The van der Waals surface area contributed by atoms with Gasteiger partial charge in [-0.25, -0.2) is 8.42 Å². The molecule has 5 nitrogen and oxygen atoms in total. The first kappa shape index (κ1) is 24.7. The second-order valence-corrected chi connectivity index (χ2v) is 10.4. The molecule has 0 aliphatic rings. The number of hydrogen-bond acceptors (Lipinski definition) is 5. The van der Waals surface area contributed by atoms with Crippen molar-refractivity contribution in [2.45, 2.75) is 28.1 Å². The van der Waals surface area contributed by atoms with Gasteiger partial charge in [0.15, 0.2) is 9.84 Å². The summed E-state index contributed by atoms with van der Waals surface area (Å²) in [6.07, 6.45) is 2.23. The van der Waals surface area contributed by atoms with Crippen LogP contribution in [0.2, 0.25) is 0 Å². The molecule has 0 fully saturated rings. The molecule has 0 unspecified atom stereocenters. The zero-order chi connectivity index (χ0) is 24.2. The van der Waals surface area contributed by atoms with Crippen molar-refractivity contribution in [1.29, 1.82) is 0 Å². The van der Waals surface area contributed by atoms with Gasteiger partial charge in [-0.05, 0) is 78.2 Å². The fourth-order valence-electron chi connectivity index (χ4n) is 3.06. The Morgan fingerprint density at radius 1 is 0.939 bits per heavy atom. The zero-order valence-corrected chi connectivity index (χ0v) is 19.0. The van der Waals surface area contributed by atoms with Crippen molar-refractivity contribution < 1.29 is 31.5 Å². The smallest absolute Gasteiger partial charge is 0.446 e. The van der Waals surface area contributed by atoms with Crippen LogP contribution in [0.5, 0.6) is 5.75 Å². The summed E-state index contributed by atoms with van der Waals surface area (Å²) >= 11 is -0.149. The molecule has 0 saturated carbocycles. The molecule has 3 aromatic rings. The van der Waals surface area contributed by atoms with Gasteiger partial charge in [0.25, 0.3) is 5.91 Å². The number of thioether (sulfide) groups is 1. The van der Waals surface area contributed by atoms with E-state index in [-0.39, 0.29) is 27.2 Å². The van der Waals surface area contributed by atoms with E-state index in [2.05, 4.69) is 5.32 Å². The minimum atomic E-state index is -4.31. The SMILES string of the molecule is CS(=O)(=O)c1cc(NC(=O)c2ccc(CCc3ccc(SC(F)(F)F)cc3)cc2)ccc1O. The Labute approximate surface area is 193 Å². The quantitative estimate of drug-likeness (QED) is 0.337. The Morgan fingerprint density at radius 3 is 2.00 bits per heavy atom. The molecule has 10 heteroatoms. The van der Waals surface area contributed by atoms with Crippen molar-refractivity contribution in [2.75, 3.05) is 11.6 Å². The Bertz CT molecular complexity index is 1240. The van der Waals surface area contributed by atoms with Gasteiger partial charge in [0.2, 0.25) is 0 Å². The number of alkyl halides is 3. The largest absolute Gasteiger partial charge is 0.507 e. The zero-order valence-electron chi connectivity index (χ0n) is 17.4. The number of aryl methyl sites for hydroxylation is 2. The van der Waals surface area contributed by atoms with Gasteiger partial charge in [0.05, 0.1) is 0 Å². The molecule has 0 spiro atoms. The first-order chi connectivity index (χ1) is 15.4. The number of benzene rings is 3. The highest BCUT2D eigenvalue weighted by atomic mass is 32.2. The highest BCUT2D eigenvalue weighted by Gasteiger charge is 2.29. The van der Waals surface area contributed by atoms with Gasteiger partial charge in [-0.1, -0.05) is 24.3 Å². The number of anilines is 1. The number of sulfone groups is 1. The third-order valence-corrected chi connectivity index (χ3v) is 6.56. The van der Waals surface area contributed by atoms with Gasteiger partial charge in [-0.2, -0.15) is 13.2 Å². The highest BCUT2D eigenvalue weighted by molar-refractivity contribution is 8.00. The lowest BCUT2D eigenvalue weighted by Crippen LogP contribution is -2.12. The van der Waals surface area contributed by atoms with Crippen molar-refractivity contribution in [1.82, 2.24) is 0 Å². The average Bonchev–Trinajstić information content (AvgIpc) is 2.73. The maximum absolute atomic E-state index is 12.5. The molecule has 0 bridgehead atoms. The van der Waals surface area contributed by atoms with Crippen LogP contribution in [0.4, 0.5) is 18.9 Å². The molecule has 3 aromatic carbocycles. The maximum Gasteiger partial charge on any atom is 0.446 e. The molecule has 1 amide bonds. The van der Waals surface area contributed by atoms with Crippen LogP contribution in [0, 0.1) is 0 Å². The van der Waals surface area contributed by atoms with Gasteiger partial charge in [0, 0.05) is 22.4 Å². The van der Waals surface area contributed by atoms with Crippen molar-refractivity contribution in [3.05, 3.63) is 83.4 Å². The Kier molecular flexibility index (Phi) is 7.38. The molecule has 0 aromatic heterocycles.